The van der Waals surface area contributed by atoms with Crippen molar-refractivity contribution in [3.63, 3.8) is 0 Å². The second kappa shape index (κ2) is 57.5. The summed E-state index contributed by atoms with van der Waals surface area (Å²) in [6.45, 7) is 1.36. The van der Waals surface area contributed by atoms with E-state index in [-0.39, 0.29) is 191 Å². The zero-order valence-electron chi connectivity index (χ0n) is 65.7. The normalized spacial score (nSPS) is 12.9. The van der Waals surface area contributed by atoms with Gasteiger partial charge in [0.05, 0.1) is 5.69 Å². The number of anilines is 1. The Morgan fingerprint density at radius 1 is 0.328 bits per heavy atom. The van der Waals surface area contributed by atoms with Crippen LogP contribution in [0, 0.1) is 37.9 Å². The fraction of sp³-hybridized carbons (Fsp3) is 0.623. The molecule has 0 fully saturated rings. The lowest BCUT2D eigenvalue weighted by molar-refractivity contribution is -0.136. The van der Waals surface area contributed by atoms with Crippen molar-refractivity contribution in [2.75, 3.05) is 71.2 Å². The third-order valence-corrected chi connectivity index (χ3v) is 19.3. The molecule has 0 aliphatic carbocycles. The number of benzene rings is 1. The highest BCUT2D eigenvalue weighted by molar-refractivity contribution is 9.10. The first kappa shape index (κ1) is 101. The number of thiophene rings is 1. The highest BCUT2D eigenvalue weighted by atomic mass is 79.9. The largest absolute Gasteiger partial charge is 0.397 e. The number of unbranched alkanes of at least 4 members (excludes halogenated alkanes) is 5. The van der Waals surface area contributed by atoms with Crippen molar-refractivity contribution < 1.29 is 52.7 Å². The molecule has 1 aromatic carbocycles. The number of carbonyl (C=O) groups excluding carboxylic acids is 11. The van der Waals surface area contributed by atoms with E-state index in [4.69, 9.17) is 95.2 Å². The van der Waals surface area contributed by atoms with Crippen LogP contribution in [0.5, 0.6) is 0 Å². The minimum atomic E-state index is -1.53. The van der Waals surface area contributed by atoms with Crippen molar-refractivity contribution in [3.05, 3.63) is 27.5 Å². The first-order chi connectivity index (χ1) is 55.1. The highest BCUT2D eigenvalue weighted by Crippen LogP contribution is 2.35. The molecule has 11 amide bonds. The fourth-order valence-corrected chi connectivity index (χ4v) is 13.0. The van der Waals surface area contributed by atoms with Gasteiger partial charge in [-0.2, -0.15) is 0 Å². The summed E-state index contributed by atoms with van der Waals surface area (Å²) in [5, 5.41) is 99.9. The van der Waals surface area contributed by atoms with Gasteiger partial charge >= 0.3 is 0 Å². The van der Waals surface area contributed by atoms with E-state index in [9.17, 15) is 52.7 Å². The van der Waals surface area contributed by atoms with Crippen molar-refractivity contribution in [2.24, 2.45) is 51.6 Å². The molecule has 0 aliphatic rings. The molecule has 1 aromatic heterocycles. The minimum absolute atomic E-state index is 0.00654. The smallest absolute Gasteiger partial charge is 0.263 e. The van der Waals surface area contributed by atoms with Crippen LogP contribution in [0.1, 0.15) is 170 Å². The van der Waals surface area contributed by atoms with Crippen LogP contribution in [0.4, 0.5) is 5.69 Å². The maximum Gasteiger partial charge on any atom is 0.263 e. The molecule has 44 N–H and O–H groups in total. The van der Waals surface area contributed by atoms with Crippen molar-refractivity contribution in [1.82, 2.24) is 90.4 Å². The second-order valence-corrected chi connectivity index (χ2v) is 29.3. The zero-order valence-corrected chi connectivity index (χ0v) is 68.1. The molecule has 0 bridgehead atoms. The molecular weight excluding hydrogens is 1590 g/mol. The number of hydrogen-bond donors (Lipinski definition) is 34. The van der Waals surface area contributed by atoms with E-state index in [2.05, 4.69) is 106 Å². The summed E-state index contributed by atoms with van der Waals surface area (Å²) in [4.78, 5) is 154. The summed E-state index contributed by atoms with van der Waals surface area (Å²) in [7, 11) is 0. The monoisotopic (exact) mass is 1720 g/mol. The molecule has 650 valence electrons. The third kappa shape index (κ3) is 44.8. The summed E-state index contributed by atoms with van der Waals surface area (Å²) in [6.07, 6.45) is 4.22. The van der Waals surface area contributed by atoms with Crippen LogP contribution in [-0.2, 0) is 47.9 Å². The molecule has 0 aliphatic heterocycles. The van der Waals surface area contributed by atoms with E-state index in [0.717, 1.165) is 14.6 Å². The molecule has 116 heavy (non-hydrogen) atoms. The van der Waals surface area contributed by atoms with Gasteiger partial charge in [-0.15, -0.1) is 11.3 Å². The molecule has 0 spiro atoms. The number of hydrogen-bond acceptors (Lipinski definition) is 21. The second-order valence-electron chi connectivity index (χ2n) is 27.3. The Balaban J connectivity index is 2.39. The molecule has 2 aromatic rings. The number of amides is 11. The summed E-state index contributed by atoms with van der Waals surface area (Å²) in [5.41, 5.74) is 56.6. The number of primary amides is 1. The molecule has 45 nitrogen and oxygen atoms in total. The van der Waals surface area contributed by atoms with Gasteiger partial charge < -0.3 is 148 Å². The Labute approximate surface area is 686 Å². The summed E-state index contributed by atoms with van der Waals surface area (Å²) in [6, 6.07) is -5.15. The van der Waals surface area contributed by atoms with E-state index in [0.29, 0.717) is 75.0 Å². The maximum absolute atomic E-state index is 14.8. The lowest BCUT2D eigenvalue weighted by Crippen LogP contribution is -2.60. The predicted molar refractivity (Wildman–Crippen MR) is 448 cm³/mol. The van der Waals surface area contributed by atoms with Crippen LogP contribution in [0.15, 0.2) is 22.7 Å². The fourth-order valence-electron chi connectivity index (χ4n) is 11.6. The zero-order chi connectivity index (χ0) is 86.5. The Morgan fingerprint density at radius 2 is 0.603 bits per heavy atom. The quantitative estimate of drug-likeness (QED) is 0.0167. The van der Waals surface area contributed by atoms with Crippen LogP contribution in [-0.4, -0.2) is 220 Å². The van der Waals surface area contributed by atoms with Gasteiger partial charge in [0.25, 0.3) is 5.91 Å². The lowest BCUT2D eigenvalue weighted by atomic mass is 10.0. The average Bonchev–Trinajstić information content (AvgIpc) is 1.65. The van der Waals surface area contributed by atoms with Crippen LogP contribution < -0.4 is 148 Å². The van der Waals surface area contributed by atoms with E-state index in [1.54, 1.807) is 0 Å². The van der Waals surface area contributed by atoms with Gasteiger partial charge in [0.1, 0.15) is 53.2 Å². The van der Waals surface area contributed by atoms with Gasteiger partial charge in [0, 0.05) is 86.3 Å². The number of fused-ring (bicyclic) bond motifs is 1. The molecule has 0 radical (unpaired) electrons. The van der Waals surface area contributed by atoms with Crippen LogP contribution >= 0.6 is 27.3 Å². The van der Waals surface area contributed by atoms with Crippen LogP contribution in [0.25, 0.3) is 10.1 Å². The predicted octanol–water partition coefficient (Wildman–Crippen LogP) is -5.45. The first-order valence-electron chi connectivity index (χ1n) is 38.6. The lowest BCUT2D eigenvalue weighted by Gasteiger charge is -2.28. The SMILES string of the molecule is N=C(N)NCCCC(NC(=O)[C@@H](CCCNC(=N)N)NC(=O)CCCCCNC(=O)[C@@H](CCCNC(=N)N)NC(=O)CCCCCNC(=O)c1sc2ccc(Br)cc2c1N)C(=O)N[C@H](CCCNC(=N)N)C(=O)NC(CCCNC(=N)N)C(=O)N[C@H](CCCNC(=N)N)C(=O)NC(CCCNC(=N)N)C(=O)N[C@H](CCCCN)C(N)=O. The number of guanidine groups is 7. The van der Waals surface area contributed by atoms with Crippen LogP contribution in [0.2, 0.25) is 0 Å². The number of rotatable bonds is 61. The van der Waals surface area contributed by atoms with Gasteiger partial charge in [-0.1, -0.05) is 28.8 Å². The van der Waals surface area contributed by atoms with Crippen molar-refractivity contribution in [1.29, 1.82) is 37.9 Å². The Morgan fingerprint density at radius 3 is 0.905 bits per heavy atom. The molecule has 2 rings (SSSR count). The Hall–Kier alpha value is -11.5. The number of nitrogens with two attached hydrogens (primary N) is 10. The van der Waals surface area contributed by atoms with Gasteiger partial charge in [-0.25, -0.2) is 0 Å². The molecular formula is C69H125BrN34O11S. The topological polar surface area (TPSA) is 819 Å². The summed E-state index contributed by atoms with van der Waals surface area (Å²) >= 11 is 4.73. The minimum Gasteiger partial charge on any atom is -0.397 e. The highest BCUT2D eigenvalue weighted by Gasteiger charge is 2.35. The van der Waals surface area contributed by atoms with Crippen molar-refractivity contribution >= 4 is 150 Å². The third-order valence-electron chi connectivity index (χ3n) is 17.6. The Bertz CT molecular complexity index is 3590. The molecule has 1 heterocycles. The number of nitrogens with one attached hydrogen (secondary N) is 24. The van der Waals surface area contributed by atoms with E-state index < -0.39 is 125 Å². The molecule has 0 saturated carbocycles. The van der Waals surface area contributed by atoms with Crippen LogP contribution in [0.3, 0.4) is 0 Å². The molecule has 47 heteroatoms. The van der Waals surface area contributed by atoms with E-state index in [1.807, 2.05) is 18.2 Å². The molecule has 8 atom stereocenters. The summed E-state index contributed by atoms with van der Waals surface area (Å²) < 4.78 is 1.72. The van der Waals surface area contributed by atoms with Gasteiger partial charge in [0.2, 0.25) is 59.1 Å². The number of carbonyl (C=O) groups is 11. The van der Waals surface area contributed by atoms with Gasteiger partial charge in [-0.05, 0) is 160 Å². The Kier molecular flexibility index (Phi) is 49.8. The van der Waals surface area contributed by atoms with Gasteiger partial charge in [0.15, 0.2) is 41.7 Å². The molecule has 0 saturated heterocycles. The summed E-state index contributed by atoms with van der Waals surface area (Å²) in [5.74, 6) is -10.5. The average molecular weight is 1720 g/mol. The van der Waals surface area contributed by atoms with E-state index >= 15 is 0 Å². The first-order valence-corrected chi connectivity index (χ1v) is 40.2. The van der Waals surface area contributed by atoms with Gasteiger partial charge in [-0.3, -0.25) is 90.6 Å². The molecule has 3 unspecified atom stereocenters. The number of halogens is 1. The maximum atomic E-state index is 14.8. The van der Waals surface area contributed by atoms with Crippen molar-refractivity contribution in [3.8, 4) is 0 Å². The van der Waals surface area contributed by atoms with Crippen molar-refractivity contribution in [2.45, 2.75) is 209 Å². The standard InChI is InChI=1S/C69H125BrN34O11S/c70-39-26-27-49-40(38-39)52(72)53(116-49)62(115)89-30-8-2-4-24-50(105)97-42(17-9-31-90-63(74)75)55(108)88-29-7-1-3-25-51(106)98-43(18-10-32-91-64(76)77)56(109)100-45(20-12-34-93-66(80)81)58(111)102-47(22-14-36-95-68(84)85)60(113)104-48(23-15-37-96-69(86)87)61(114)103-46(21-13-35-94-67(82)83)59(112)101-44(19-11-33-92-65(78)79)57(110)99-41(54(73)107)16-5-6-28-71/h26-27,38,41-48H,1-25,28-37,71-72H2,(H2,73,107)(H,88,108)(H,89,115)(H,97,105)(H,98,106)(H,99,110)(H,100,109)(H,101,112)(H,102,111)(H,103,114)(H,104,113)(H4,74,75,90)(H4,76,77,91)(H4,78,79,92)(H4,80,81,93)(H4,82,83,94)(H4,84,85,95)(H4,86,87,96)/t41-,42-,43-,44?,45?,46-,47-,48?/m1/s1. The number of nitrogen functional groups attached to an aromatic ring is 1. The van der Waals surface area contributed by atoms with E-state index in [1.165, 1.54) is 11.3 Å².